The van der Waals surface area contributed by atoms with Gasteiger partial charge >= 0.3 is 12.1 Å². The zero-order valence-corrected chi connectivity index (χ0v) is 24.9. The number of carbonyl (C=O) groups is 4. The number of nitrogens with one attached hydrogen (secondary N) is 2. The number of hydrogen-bond acceptors (Lipinski definition) is 7. The fourth-order valence-electron chi connectivity index (χ4n) is 4.18. The van der Waals surface area contributed by atoms with Gasteiger partial charge in [0.15, 0.2) is 0 Å². The van der Waals surface area contributed by atoms with Crippen molar-refractivity contribution < 1.29 is 33.8 Å². The minimum atomic E-state index is -1.14. The van der Waals surface area contributed by atoms with Gasteiger partial charge in [-0.3, -0.25) is 14.4 Å². The number of carbonyl (C=O) groups excluding carboxylic acids is 4. The highest BCUT2D eigenvalue weighted by atomic mass is 16.6. The van der Waals surface area contributed by atoms with Crippen molar-refractivity contribution in [3.63, 3.8) is 0 Å². The Hall–Kier alpha value is -4.52. The molecule has 0 fully saturated rings. The summed E-state index contributed by atoms with van der Waals surface area (Å²) >= 11 is 0. The summed E-state index contributed by atoms with van der Waals surface area (Å²) < 4.78 is 10.1. The number of aromatic hydroxyl groups is 1. The maximum absolute atomic E-state index is 14.3. The number of terminal acetylenes is 1. The lowest BCUT2D eigenvalue weighted by atomic mass is 9.99. The molecule has 2 aromatic rings. The summed E-state index contributed by atoms with van der Waals surface area (Å²) in [4.78, 5) is 54.1. The Morgan fingerprint density at radius 1 is 1.02 bits per heavy atom. The van der Waals surface area contributed by atoms with Crippen molar-refractivity contribution in [1.82, 2.24) is 15.5 Å². The first-order valence-electron chi connectivity index (χ1n) is 13.9. The molecule has 42 heavy (non-hydrogen) atoms. The molecule has 2 aromatic carbocycles. The van der Waals surface area contributed by atoms with Crippen molar-refractivity contribution >= 4 is 23.9 Å². The van der Waals surface area contributed by atoms with Crippen molar-refractivity contribution in [2.45, 2.75) is 71.1 Å². The van der Waals surface area contributed by atoms with Gasteiger partial charge in [-0.15, -0.1) is 6.42 Å². The van der Waals surface area contributed by atoms with Gasteiger partial charge in [-0.05, 0) is 62.6 Å². The molecule has 226 valence electrons. The molecule has 0 bridgehead atoms. The van der Waals surface area contributed by atoms with Crippen LogP contribution in [0.3, 0.4) is 0 Å². The number of amides is 3. The van der Waals surface area contributed by atoms with Gasteiger partial charge in [-0.2, -0.15) is 0 Å². The summed E-state index contributed by atoms with van der Waals surface area (Å²) in [5, 5.41) is 15.0. The van der Waals surface area contributed by atoms with E-state index in [0.29, 0.717) is 23.1 Å². The number of rotatable bonds is 13. The van der Waals surface area contributed by atoms with E-state index in [2.05, 4.69) is 21.3 Å². The number of benzene rings is 2. The van der Waals surface area contributed by atoms with E-state index in [4.69, 9.17) is 11.2 Å². The van der Waals surface area contributed by atoms with Gasteiger partial charge in [0, 0.05) is 18.5 Å². The van der Waals surface area contributed by atoms with Crippen molar-refractivity contribution in [3.05, 3.63) is 65.2 Å². The topological polar surface area (TPSA) is 134 Å². The number of phenols is 1. The maximum atomic E-state index is 14.3. The predicted octanol–water partition coefficient (Wildman–Crippen LogP) is 3.86. The predicted molar refractivity (Wildman–Crippen MR) is 158 cm³/mol. The number of alkyl carbamates (subject to hydrolysis) is 1. The molecule has 2 rings (SSSR count). The summed E-state index contributed by atoms with van der Waals surface area (Å²) in [6, 6.07) is 10.6. The van der Waals surface area contributed by atoms with Crippen molar-refractivity contribution in [2.75, 3.05) is 20.2 Å². The zero-order chi connectivity index (χ0) is 31.3. The molecule has 10 heteroatoms. The standard InChI is InChI=1S/C32H41N3O7/c1-7-9-10-19-35(28(29(38)33-21-27(37)41-6)24-15-11-22(8-2)12-16-24)30(39)26(34-31(40)42-32(3,4)5)20-23-13-17-25(36)18-14-23/h2,11-18,26,28,36H,7,9-10,19-21H2,1,3-6H3,(H,33,38)(H,34,40). The minimum Gasteiger partial charge on any atom is -0.508 e. The largest absolute Gasteiger partial charge is 0.508 e. The lowest BCUT2D eigenvalue weighted by Crippen LogP contribution is -2.54. The molecule has 0 radical (unpaired) electrons. The number of unbranched alkanes of at least 4 members (excludes halogenated alkanes) is 2. The minimum absolute atomic E-state index is 0.0562. The van der Waals surface area contributed by atoms with Crippen LogP contribution >= 0.6 is 0 Å². The molecular weight excluding hydrogens is 538 g/mol. The fourth-order valence-corrected chi connectivity index (χ4v) is 4.18. The molecule has 0 saturated heterocycles. The van der Waals surface area contributed by atoms with E-state index in [9.17, 15) is 24.3 Å². The van der Waals surface area contributed by atoms with Crippen LogP contribution in [0, 0.1) is 12.3 Å². The third-order valence-corrected chi connectivity index (χ3v) is 6.24. The van der Waals surface area contributed by atoms with E-state index >= 15 is 0 Å². The van der Waals surface area contributed by atoms with E-state index in [0.717, 1.165) is 12.8 Å². The molecule has 0 aliphatic rings. The van der Waals surface area contributed by atoms with Gasteiger partial charge in [0.05, 0.1) is 7.11 Å². The quantitative estimate of drug-likeness (QED) is 0.186. The molecule has 0 heterocycles. The van der Waals surface area contributed by atoms with Crippen LogP contribution in [0.25, 0.3) is 0 Å². The van der Waals surface area contributed by atoms with Crippen LogP contribution < -0.4 is 10.6 Å². The smallest absolute Gasteiger partial charge is 0.408 e. The lowest BCUT2D eigenvalue weighted by Gasteiger charge is -2.34. The Balaban J connectivity index is 2.57. The normalized spacial score (nSPS) is 12.3. The van der Waals surface area contributed by atoms with E-state index in [1.54, 1.807) is 57.2 Å². The first-order valence-corrected chi connectivity index (χ1v) is 13.9. The van der Waals surface area contributed by atoms with E-state index in [-0.39, 0.29) is 18.7 Å². The highest BCUT2D eigenvalue weighted by Gasteiger charge is 2.36. The fraction of sp³-hybridized carbons (Fsp3) is 0.438. The van der Waals surface area contributed by atoms with Crippen LogP contribution in [-0.4, -0.2) is 65.7 Å². The van der Waals surface area contributed by atoms with Crippen LogP contribution in [-0.2, 0) is 30.3 Å². The van der Waals surface area contributed by atoms with Crippen molar-refractivity contribution in [3.8, 4) is 18.1 Å². The molecule has 2 unspecified atom stereocenters. The van der Waals surface area contributed by atoms with Crippen LogP contribution in [0.4, 0.5) is 4.79 Å². The Morgan fingerprint density at radius 3 is 2.21 bits per heavy atom. The van der Waals surface area contributed by atoms with Gasteiger partial charge in [-0.25, -0.2) is 4.79 Å². The highest BCUT2D eigenvalue weighted by molar-refractivity contribution is 5.93. The average molecular weight is 580 g/mol. The molecule has 2 atom stereocenters. The summed E-state index contributed by atoms with van der Waals surface area (Å²) in [7, 11) is 1.21. The SMILES string of the molecule is C#Cc1ccc(C(C(=O)NCC(=O)OC)N(CCCCC)C(=O)C(Cc2ccc(O)cc2)NC(=O)OC(C)(C)C)cc1. The second-order valence-electron chi connectivity index (χ2n) is 10.8. The second kappa shape index (κ2) is 16.1. The van der Waals surface area contributed by atoms with Crippen LogP contribution in [0.15, 0.2) is 48.5 Å². The molecule has 3 amide bonds. The molecule has 0 saturated carbocycles. The van der Waals surface area contributed by atoms with Gasteiger partial charge in [-0.1, -0.05) is 50.0 Å². The van der Waals surface area contributed by atoms with E-state index in [1.165, 1.54) is 24.1 Å². The van der Waals surface area contributed by atoms with Crippen molar-refractivity contribution in [2.24, 2.45) is 0 Å². The third-order valence-electron chi connectivity index (χ3n) is 6.24. The Kier molecular flexibility index (Phi) is 12.9. The lowest BCUT2D eigenvalue weighted by molar-refractivity contribution is -0.144. The number of hydrogen-bond donors (Lipinski definition) is 3. The van der Waals surface area contributed by atoms with Gasteiger partial charge in [0.25, 0.3) is 0 Å². The van der Waals surface area contributed by atoms with Crippen molar-refractivity contribution in [1.29, 1.82) is 0 Å². The summed E-state index contributed by atoms with van der Waals surface area (Å²) in [6.07, 6.45) is 7.04. The van der Waals surface area contributed by atoms with E-state index < -0.39 is 48.1 Å². The average Bonchev–Trinajstić information content (AvgIpc) is 2.95. The summed E-state index contributed by atoms with van der Waals surface area (Å²) in [5.74, 6) is 0.819. The van der Waals surface area contributed by atoms with E-state index in [1.807, 2.05) is 6.92 Å². The first kappa shape index (κ1) is 33.7. The number of ether oxygens (including phenoxy) is 2. The van der Waals surface area contributed by atoms with Crippen LogP contribution in [0.1, 0.15) is 69.7 Å². The first-order chi connectivity index (χ1) is 19.9. The van der Waals surface area contributed by atoms with Crippen LogP contribution in [0.2, 0.25) is 0 Å². The molecule has 0 aliphatic heterocycles. The Labute approximate surface area is 247 Å². The molecule has 0 aromatic heterocycles. The zero-order valence-electron chi connectivity index (χ0n) is 24.9. The monoisotopic (exact) mass is 579 g/mol. The second-order valence-corrected chi connectivity index (χ2v) is 10.8. The number of phenolic OH excluding ortho intramolecular Hbond substituents is 1. The summed E-state index contributed by atoms with van der Waals surface area (Å²) in [6.45, 7) is 6.95. The van der Waals surface area contributed by atoms with Gasteiger partial charge < -0.3 is 30.1 Å². The third kappa shape index (κ3) is 10.8. The van der Waals surface area contributed by atoms with Gasteiger partial charge in [0.2, 0.25) is 11.8 Å². The Bertz CT molecular complexity index is 1240. The number of methoxy groups -OCH3 is 1. The number of esters is 1. The molecule has 0 spiro atoms. The van der Waals surface area contributed by atoms with Gasteiger partial charge in [0.1, 0.15) is 30.0 Å². The maximum Gasteiger partial charge on any atom is 0.408 e. The summed E-state index contributed by atoms with van der Waals surface area (Å²) in [5.41, 5.74) is 0.919. The molecule has 3 N–H and O–H groups in total. The Morgan fingerprint density at radius 2 is 1.67 bits per heavy atom. The number of nitrogens with zero attached hydrogens (tertiary/aromatic N) is 1. The molecule has 10 nitrogen and oxygen atoms in total. The van der Waals surface area contributed by atoms with Crippen LogP contribution in [0.5, 0.6) is 5.75 Å². The molecular formula is C32H41N3O7. The molecule has 0 aliphatic carbocycles. The highest BCUT2D eigenvalue weighted by Crippen LogP contribution is 2.25.